The van der Waals surface area contributed by atoms with E-state index in [0.29, 0.717) is 16.1 Å². The zero-order chi connectivity index (χ0) is 14.0. The topological polar surface area (TPSA) is 26.3 Å². The smallest absolute Gasteiger partial charge is 0.176 e. The molecular weight excluding hydrogens is 283 g/mol. The highest BCUT2D eigenvalue weighted by Crippen LogP contribution is 2.37. The minimum absolute atomic E-state index is 0.0119. The Kier molecular flexibility index (Phi) is 4.79. The molecule has 3 atom stereocenters. The van der Waals surface area contributed by atoms with Crippen LogP contribution in [0.1, 0.15) is 24.2 Å². The summed E-state index contributed by atoms with van der Waals surface area (Å²) in [7, 11) is 1.41. The molecule has 0 N–H and O–H groups in total. The third-order valence-corrected chi connectivity index (χ3v) is 6.67. The van der Waals surface area contributed by atoms with Crippen molar-refractivity contribution in [1.29, 1.82) is 0 Å². The van der Waals surface area contributed by atoms with Crippen LogP contribution in [0, 0.1) is 5.82 Å². The van der Waals surface area contributed by atoms with E-state index in [1.807, 2.05) is 11.8 Å². The van der Waals surface area contributed by atoms with E-state index in [2.05, 4.69) is 13.8 Å². The van der Waals surface area contributed by atoms with Crippen molar-refractivity contribution in [3.05, 3.63) is 29.6 Å². The maximum atomic E-state index is 13.6. The molecule has 1 aromatic carbocycles. The highest BCUT2D eigenvalue weighted by Gasteiger charge is 2.31. The Morgan fingerprint density at radius 2 is 2.11 bits per heavy atom. The van der Waals surface area contributed by atoms with Gasteiger partial charge in [-0.15, -0.1) is 11.8 Å². The van der Waals surface area contributed by atoms with E-state index in [1.54, 1.807) is 17.8 Å². The molecule has 0 bridgehead atoms. The lowest BCUT2D eigenvalue weighted by atomic mass is 10.1. The molecule has 0 radical (unpaired) electrons. The molecule has 104 valence electrons. The van der Waals surface area contributed by atoms with Gasteiger partial charge in [0.05, 0.1) is 12.4 Å². The largest absolute Gasteiger partial charge is 0.494 e. The number of carbonyl (C=O) groups excluding carboxylic acids is 1. The first-order valence-electron chi connectivity index (χ1n) is 6.17. The molecule has 1 aromatic rings. The number of thioether (sulfide) groups is 2. The number of rotatable bonds is 3. The Balaban J connectivity index is 2.13. The number of methoxy groups -OCH3 is 1. The second-order valence-electron chi connectivity index (χ2n) is 4.58. The van der Waals surface area contributed by atoms with Crippen molar-refractivity contribution in [2.75, 3.05) is 12.9 Å². The Hall–Kier alpha value is -0.680. The summed E-state index contributed by atoms with van der Waals surface area (Å²) >= 11 is 3.50. The Labute approximate surface area is 121 Å². The molecule has 0 spiro atoms. The molecule has 2 nitrogen and oxygen atoms in total. The lowest BCUT2D eigenvalue weighted by molar-refractivity contribution is 0.0994. The normalized spacial score (nSPS) is 27.1. The standard InChI is InChI=1S/C14H17FO2S2/c1-8-9(2)19-13(7-18-8)14(16)10-4-5-12(17-3)11(15)6-10/h4-6,8-9,13H,7H2,1-3H3. The van der Waals surface area contributed by atoms with Crippen LogP contribution in [0.4, 0.5) is 4.39 Å². The second kappa shape index (κ2) is 6.18. The van der Waals surface area contributed by atoms with Crippen molar-refractivity contribution in [3.63, 3.8) is 0 Å². The van der Waals surface area contributed by atoms with Gasteiger partial charge >= 0.3 is 0 Å². The first kappa shape index (κ1) is 14.7. The lowest BCUT2D eigenvalue weighted by Crippen LogP contribution is -2.31. The zero-order valence-electron chi connectivity index (χ0n) is 11.2. The van der Waals surface area contributed by atoms with E-state index in [4.69, 9.17) is 4.74 Å². The lowest BCUT2D eigenvalue weighted by Gasteiger charge is -2.30. The number of halogens is 1. The van der Waals surface area contributed by atoms with Crippen LogP contribution in [0.2, 0.25) is 0 Å². The number of hydrogen-bond donors (Lipinski definition) is 0. The van der Waals surface area contributed by atoms with Gasteiger partial charge < -0.3 is 4.74 Å². The highest BCUT2D eigenvalue weighted by atomic mass is 32.2. The van der Waals surface area contributed by atoms with E-state index in [-0.39, 0.29) is 16.8 Å². The molecule has 2 rings (SSSR count). The molecule has 1 aliphatic heterocycles. The van der Waals surface area contributed by atoms with E-state index >= 15 is 0 Å². The predicted molar refractivity (Wildman–Crippen MR) is 80.0 cm³/mol. The van der Waals surface area contributed by atoms with Crippen LogP contribution in [0.15, 0.2) is 18.2 Å². The highest BCUT2D eigenvalue weighted by molar-refractivity contribution is 8.08. The SMILES string of the molecule is COc1ccc(C(=O)C2CSC(C)C(C)S2)cc1F. The van der Waals surface area contributed by atoms with Crippen LogP contribution in [0.3, 0.4) is 0 Å². The summed E-state index contributed by atoms with van der Waals surface area (Å²) in [6.07, 6.45) is 0. The summed E-state index contributed by atoms with van der Waals surface area (Å²) in [5.41, 5.74) is 0.429. The molecule has 3 unspecified atom stereocenters. The van der Waals surface area contributed by atoms with Crippen LogP contribution >= 0.6 is 23.5 Å². The summed E-state index contributed by atoms with van der Waals surface area (Å²) in [5.74, 6) is 0.494. The second-order valence-corrected chi connectivity index (χ2v) is 7.58. The van der Waals surface area contributed by atoms with Crippen LogP contribution in [0.25, 0.3) is 0 Å². The Bertz CT molecular complexity index is 479. The maximum absolute atomic E-state index is 13.6. The average Bonchev–Trinajstić information content (AvgIpc) is 2.41. The van der Waals surface area contributed by atoms with Crippen molar-refractivity contribution in [2.45, 2.75) is 29.6 Å². The van der Waals surface area contributed by atoms with Gasteiger partial charge in [0.25, 0.3) is 0 Å². The fraction of sp³-hybridized carbons (Fsp3) is 0.500. The first-order valence-corrected chi connectivity index (χ1v) is 8.17. The Morgan fingerprint density at radius 3 is 2.68 bits per heavy atom. The fourth-order valence-corrected chi connectivity index (χ4v) is 4.80. The number of Topliss-reactive ketones (excluding diaryl/α,β-unsaturated/α-hetero) is 1. The summed E-state index contributed by atoms with van der Waals surface area (Å²) in [6.45, 7) is 4.31. The van der Waals surface area contributed by atoms with Crippen molar-refractivity contribution in [1.82, 2.24) is 0 Å². The molecular formula is C14H17FO2S2. The van der Waals surface area contributed by atoms with Gasteiger partial charge in [-0.05, 0) is 18.2 Å². The fourth-order valence-electron chi connectivity index (χ4n) is 1.93. The van der Waals surface area contributed by atoms with Crippen molar-refractivity contribution in [3.8, 4) is 5.75 Å². The van der Waals surface area contributed by atoms with Gasteiger partial charge in [0, 0.05) is 21.8 Å². The molecule has 5 heteroatoms. The van der Waals surface area contributed by atoms with E-state index < -0.39 is 5.82 Å². The molecule has 1 aliphatic rings. The Morgan fingerprint density at radius 1 is 1.37 bits per heavy atom. The zero-order valence-corrected chi connectivity index (χ0v) is 12.8. The van der Waals surface area contributed by atoms with Gasteiger partial charge in [0.2, 0.25) is 0 Å². The number of ketones is 1. The van der Waals surface area contributed by atoms with Gasteiger partial charge in [-0.3, -0.25) is 4.79 Å². The third kappa shape index (κ3) is 3.26. The molecule has 1 fully saturated rings. The average molecular weight is 300 g/mol. The van der Waals surface area contributed by atoms with Gasteiger partial charge in [0.1, 0.15) is 0 Å². The third-order valence-electron chi connectivity index (χ3n) is 3.28. The van der Waals surface area contributed by atoms with Crippen molar-refractivity contribution < 1.29 is 13.9 Å². The summed E-state index contributed by atoms with van der Waals surface area (Å²) < 4.78 is 18.5. The first-order chi connectivity index (χ1) is 9.02. The van der Waals surface area contributed by atoms with E-state index in [9.17, 15) is 9.18 Å². The number of ether oxygens (including phenoxy) is 1. The van der Waals surface area contributed by atoms with Gasteiger partial charge in [-0.2, -0.15) is 11.8 Å². The quantitative estimate of drug-likeness (QED) is 0.796. The molecule has 0 aliphatic carbocycles. The van der Waals surface area contributed by atoms with Crippen molar-refractivity contribution >= 4 is 29.3 Å². The minimum Gasteiger partial charge on any atom is -0.494 e. The van der Waals surface area contributed by atoms with Crippen LogP contribution < -0.4 is 4.74 Å². The summed E-state index contributed by atoms with van der Waals surface area (Å²) in [6, 6.07) is 4.42. The molecule has 0 aromatic heterocycles. The van der Waals surface area contributed by atoms with Crippen LogP contribution in [-0.2, 0) is 0 Å². The van der Waals surface area contributed by atoms with E-state index in [0.717, 1.165) is 5.75 Å². The number of hydrogen-bond acceptors (Lipinski definition) is 4. The monoisotopic (exact) mass is 300 g/mol. The van der Waals surface area contributed by atoms with Gasteiger partial charge in [-0.1, -0.05) is 13.8 Å². The van der Waals surface area contributed by atoms with Gasteiger partial charge in [0.15, 0.2) is 17.3 Å². The maximum Gasteiger partial charge on any atom is 0.176 e. The number of benzene rings is 1. The number of carbonyl (C=O) groups is 1. The van der Waals surface area contributed by atoms with Gasteiger partial charge in [-0.25, -0.2) is 4.39 Å². The molecule has 0 saturated carbocycles. The van der Waals surface area contributed by atoms with Crippen LogP contribution in [-0.4, -0.2) is 34.4 Å². The van der Waals surface area contributed by atoms with Crippen LogP contribution in [0.5, 0.6) is 5.75 Å². The molecule has 19 heavy (non-hydrogen) atoms. The summed E-state index contributed by atoms with van der Waals surface area (Å²) in [5, 5.41) is 0.918. The summed E-state index contributed by atoms with van der Waals surface area (Å²) in [4.78, 5) is 12.4. The molecule has 1 heterocycles. The molecule has 1 saturated heterocycles. The predicted octanol–water partition coefficient (Wildman–Crippen LogP) is 3.64. The molecule has 0 amide bonds. The minimum atomic E-state index is -0.483. The van der Waals surface area contributed by atoms with Crippen molar-refractivity contribution in [2.24, 2.45) is 0 Å². The van der Waals surface area contributed by atoms with E-state index in [1.165, 1.54) is 19.2 Å².